The highest BCUT2D eigenvalue weighted by molar-refractivity contribution is 6.06. The normalized spacial score (nSPS) is 16.4. The van der Waals surface area contributed by atoms with Crippen molar-refractivity contribution in [3.8, 4) is 0 Å². The van der Waals surface area contributed by atoms with Crippen LogP contribution in [0.1, 0.15) is 30.6 Å². The Kier molecular flexibility index (Phi) is 6.41. The van der Waals surface area contributed by atoms with Crippen LogP contribution in [0.3, 0.4) is 0 Å². The molecule has 1 aromatic carbocycles. The molecule has 1 aromatic heterocycles. The molecular formula is C21H28N4O4. The molecule has 0 saturated carbocycles. The smallest absolute Gasteiger partial charge is 0.328 e. The number of carbonyl (C=O) groups is 3. The first kappa shape index (κ1) is 20.7. The molecule has 0 bridgehead atoms. The minimum absolute atomic E-state index is 0.0314. The molecule has 2 atom stereocenters. The largest absolute Gasteiger partial charge is 0.467 e. The summed E-state index contributed by atoms with van der Waals surface area (Å²) in [6.07, 6.45) is 2.48. The van der Waals surface area contributed by atoms with Crippen LogP contribution < -0.4 is 5.32 Å². The maximum atomic E-state index is 12.9. The van der Waals surface area contributed by atoms with Crippen LogP contribution in [0.15, 0.2) is 30.5 Å². The summed E-state index contributed by atoms with van der Waals surface area (Å²) in [5.41, 5.74) is 1.56. The highest BCUT2D eigenvalue weighted by atomic mass is 16.5. The Labute approximate surface area is 170 Å². The van der Waals surface area contributed by atoms with E-state index in [-0.39, 0.29) is 17.9 Å². The number of aromatic nitrogens is 1. The van der Waals surface area contributed by atoms with E-state index < -0.39 is 12.0 Å². The number of methoxy groups -OCH3 is 1. The summed E-state index contributed by atoms with van der Waals surface area (Å²) in [5.74, 6) is -0.522. The third-order valence-electron chi connectivity index (χ3n) is 5.62. The van der Waals surface area contributed by atoms with Gasteiger partial charge in [-0.25, -0.2) is 9.59 Å². The van der Waals surface area contributed by atoms with E-state index in [1.54, 1.807) is 16.0 Å². The van der Waals surface area contributed by atoms with Gasteiger partial charge in [-0.3, -0.25) is 4.79 Å². The van der Waals surface area contributed by atoms with Gasteiger partial charge in [-0.15, -0.1) is 0 Å². The predicted octanol–water partition coefficient (Wildman–Crippen LogP) is 2.22. The number of nitrogens with one attached hydrogen (secondary N) is 2. The number of amides is 3. The van der Waals surface area contributed by atoms with E-state index in [1.165, 1.54) is 7.11 Å². The number of hydrogen-bond donors (Lipinski definition) is 2. The van der Waals surface area contributed by atoms with E-state index >= 15 is 0 Å². The number of urea groups is 1. The van der Waals surface area contributed by atoms with Crippen molar-refractivity contribution in [3.63, 3.8) is 0 Å². The molecule has 1 aliphatic heterocycles. The molecule has 2 heterocycles. The average molecular weight is 400 g/mol. The maximum Gasteiger partial charge on any atom is 0.328 e. The number of esters is 1. The molecule has 0 unspecified atom stereocenters. The van der Waals surface area contributed by atoms with Crippen LogP contribution in [0.5, 0.6) is 0 Å². The second-order valence-electron chi connectivity index (χ2n) is 7.36. The van der Waals surface area contributed by atoms with E-state index in [9.17, 15) is 14.4 Å². The van der Waals surface area contributed by atoms with Gasteiger partial charge in [0.15, 0.2) is 0 Å². The number of carbonyl (C=O) groups excluding carboxylic acids is 3. The first-order chi connectivity index (χ1) is 14.0. The number of benzene rings is 1. The SMILES string of the molecule is CC[C@@H](C)[C@H](NC(=O)N1CCN(C(=O)c2c[nH]c3ccccc23)CC1)C(=O)OC. The Bertz CT molecular complexity index is 886. The van der Waals surface area contributed by atoms with E-state index in [4.69, 9.17) is 4.74 Å². The van der Waals surface area contributed by atoms with Gasteiger partial charge in [0.2, 0.25) is 0 Å². The Morgan fingerprint density at radius 1 is 1.14 bits per heavy atom. The van der Waals surface area contributed by atoms with Crippen LogP contribution in [-0.2, 0) is 9.53 Å². The fraction of sp³-hybridized carbons (Fsp3) is 0.476. The zero-order valence-electron chi connectivity index (χ0n) is 17.1. The summed E-state index contributed by atoms with van der Waals surface area (Å²) in [7, 11) is 1.32. The number of hydrogen-bond acceptors (Lipinski definition) is 4. The molecule has 156 valence electrons. The summed E-state index contributed by atoms with van der Waals surface area (Å²) >= 11 is 0. The first-order valence-corrected chi connectivity index (χ1v) is 9.94. The zero-order valence-corrected chi connectivity index (χ0v) is 17.1. The Balaban J connectivity index is 1.60. The highest BCUT2D eigenvalue weighted by Crippen LogP contribution is 2.20. The number of nitrogens with zero attached hydrogens (tertiary/aromatic N) is 2. The van der Waals surface area contributed by atoms with Crippen molar-refractivity contribution in [1.82, 2.24) is 20.1 Å². The lowest BCUT2D eigenvalue weighted by atomic mass is 9.99. The van der Waals surface area contributed by atoms with Crippen molar-refractivity contribution in [1.29, 1.82) is 0 Å². The maximum absolute atomic E-state index is 12.9. The van der Waals surface area contributed by atoms with Gasteiger partial charge in [0.25, 0.3) is 5.91 Å². The highest BCUT2D eigenvalue weighted by Gasteiger charge is 2.31. The molecule has 0 radical (unpaired) electrons. The van der Waals surface area contributed by atoms with E-state index in [1.807, 2.05) is 38.1 Å². The topological polar surface area (TPSA) is 94.7 Å². The second kappa shape index (κ2) is 8.98. The number of piperazine rings is 1. The fourth-order valence-electron chi connectivity index (χ4n) is 3.55. The third kappa shape index (κ3) is 4.36. The van der Waals surface area contributed by atoms with Crippen molar-refractivity contribution in [2.45, 2.75) is 26.3 Å². The fourth-order valence-corrected chi connectivity index (χ4v) is 3.55. The van der Waals surface area contributed by atoms with Gasteiger partial charge in [0.05, 0.1) is 12.7 Å². The van der Waals surface area contributed by atoms with Gasteiger partial charge in [-0.2, -0.15) is 0 Å². The summed E-state index contributed by atoms with van der Waals surface area (Å²) < 4.78 is 4.82. The molecule has 1 saturated heterocycles. The van der Waals surface area contributed by atoms with Crippen LogP contribution in [0.2, 0.25) is 0 Å². The molecule has 0 spiro atoms. The number of fused-ring (bicyclic) bond motifs is 1. The quantitative estimate of drug-likeness (QED) is 0.753. The van der Waals surface area contributed by atoms with Crippen molar-refractivity contribution in [3.05, 3.63) is 36.0 Å². The molecule has 8 nitrogen and oxygen atoms in total. The van der Waals surface area contributed by atoms with E-state index in [0.29, 0.717) is 31.7 Å². The molecule has 1 aliphatic rings. The number of H-pyrrole nitrogens is 1. The first-order valence-electron chi connectivity index (χ1n) is 9.94. The average Bonchev–Trinajstić information content (AvgIpc) is 3.20. The molecule has 2 N–H and O–H groups in total. The van der Waals surface area contributed by atoms with E-state index in [0.717, 1.165) is 17.3 Å². The Morgan fingerprint density at radius 3 is 2.45 bits per heavy atom. The Hall–Kier alpha value is -3.03. The molecule has 2 aromatic rings. The second-order valence-corrected chi connectivity index (χ2v) is 7.36. The van der Waals surface area contributed by atoms with Crippen LogP contribution in [0, 0.1) is 5.92 Å². The molecule has 29 heavy (non-hydrogen) atoms. The molecule has 8 heteroatoms. The van der Waals surface area contributed by atoms with Crippen LogP contribution in [0.25, 0.3) is 10.9 Å². The number of rotatable bonds is 5. The van der Waals surface area contributed by atoms with Crippen molar-refractivity contribution < 1.29 is 19.1 Å². The van der Waals surface area contributed by atoms with Gasteiger partial charge >= 0.3 is 12.0 Å². The molecule has 0 aliphatic carbocycles. The molecule has 1 fully saturated rings. The lowest BCUT2D eigenvalue weighted by Gasteiger charge is -2.35. The summed E-state index contributed by atoms with van der Waals surface area (Å²) in [6, 6.07) is 6.70. The Morgan fingerprint density at radius 2 is 1.79 bits per heavy atom. The van der Waals surface area contributed by atoms with Gasteiger partial charge in [-0.05, 0) is 12.0 Å². The number of aromatic amines is 1. The van der Waals surface area contributed by atoms with E-state index in [2.05, 4.69) is 10.3 Å². The monoisotopic (exact) mass is 400 g/mol. The van der Waals surface area contributed by atoms with Crippen LogP contribution in [0.4, 0.5) is 4.79 Å². The van der Waals surface area contributed by atoms with Crippen molar-refractivity contribution in [2.24, 2.45) is 5.92 Å². The summed E-state index contributed by atoms with van der Waals surface area (Å²) in [6.45, 7) is 5.57. The number of para-hydroxylation sites is 1. The predicted molar refractivity (Wildman–Crippen MR) is 110 cm³/mol. The lowest BCUT2D eigenvalue weighted by Crippen LogP contribution is -2.56. The third-order valence-corrected chi connectivity index (χ3v) is 5.62. The van der Waals surface area contributed by atoms with Crippen LogP contribution in [-0.4, -0.2) is 72.0 Å². The minimum Gasteiger partial charge on any atom is -0.467 e. The zero-order chi connectivity index (χ0) is 21.0. The van der Waals surface area contributed by atoms with Gasteiger partial charge in [0.1, 0.15) is 6.04 Å². The summed E-state index contributed by atoms with van der Waals surface area (Å²) in [4.78, 5) is 44.1. The standard InChI is InChI=1S/C21H28N4O4/c1-4-14(2)18(20(27)29-3)23-21(28)25-11-9-24(10-12-25)19(26)16-13-22-17-8-6-5-7-15(16)17/h5-8,13-14,18,22H,4,9-12H2,1-3H3,(H,23,28)/t14-,18+/m1/s1. The molecule has 3 rings (SSSR count). The van der Waals surface area contributed by atoms with Gasteiger partial charge in [0, 0.05) is 43.3 Å². The van der Waals surface area contributed by atoms with Crippen LogP contribution >= 0.6 is 0 Å². The number of ether oxygens (including phenoxy) is 1. The lowest BCUT2D eigenvalue weighted by molar-refractivity contribution is -0.144. The van der Waals surface area contributed by atoms with Gasteiger partial charge in [-0.1, -0.05) is 38.5 Å². The summed E-state index contributed by atoms with van der Waals surface area (Å²) in [5, 5.41) is 3.68. The molecule has 3 amide bonds. The van der Waals surface area contributed by atoms with Crippen molar-refractivity contribution in [2.75, 3.05) is 33.3 Å². The van der Waals surface area contributed by atoms with Gasteiger partial charge < -0.3 is 24.8 Å². The van der Waals surface area contributed by atoms with Crippen molar-refractivity contribution >= 4 is 28.8 Å². The molecular weight excluding hydrogens is 372 g/mol. The minimum atomic E-state index is -0.677.